The molecule has 2 aromatic carbocycles. The van der Waals surface area contributed by atoms with Crippen molar-refractivity contribution in [1.29, 1.82) is 0 Å². The maximum atomic E-state index is 13.1. The van der Waals surface area contributed by atoms with Crippen LogP contribution in [-0.2, 0) is 6.18 Å². The van der Waals surface area contributed by atoms with Crippen LogP contribution in [0.1, 0.15) is 16.1 Å². The van der Waals surface area contributed by atoms with Crippen molar-refractivity contribution in [2.75, 3.05) is 17.3 Å². The molecule has 8 heteroatoms. The van der Waals surface area contributed by atoms with E-state index in [0.717, 1.165) is 11.8 Å². The zero-order valence-corrected chi connectivity index (χ0v) is 14.2. The van der Waals surface area contributed by atoms with Gasteiger partial charge in [0.2, 0.25) is 5.95 Å². The van der Waals surface area contributed by atoms with Crippen LogP contribution in [-0.4, -0.2) is 22.9 Å². The van der Waals surface area contributed by atoms with Gasteiger partial charge in [0, 0.05) is 18.9 Å². The molecule has 5 nitrogen and oxygen atoms in total. The van der Waals surface area contributed by atoms with Gasteiger partial charge in [-0.15, -0.1) is 0 Å². The van der Waals surface area contributed by atoms with Crippen LogP contribution in [0.15, 0.2) is 66.9 Å². The molecule has 138 valence electrons. The highest BCUT2D eigenvalue weighted by molar-refractivity contribution is 6.03. The summed E-state index contributed by atoms with van der Waals surface area (Å²) in [5.41, 5.74) is -0.488. The maximum absolute atomic E-state index is 13.1. The summed E-state index contributed by atoms with van der Waals surface area (Å²) in [5, 5.41) is 2.27. The average molecular weight is 372 g/mol. The quantitative estimate of drug-likeness (QED) is 0.732. The monoisotopic (exact) mass is 372 g/mol. The number of carbonyl (C=O) groups excluding carboxylic acids is 1. The van der Waals surface area contributed by atoms with Crippen LogP contribution in [0.2, 0.25) is 0 Å². The Hall–Kier alpha value is -3.42. The zero-order valence-electron chi connectivity index (χ0n) is 14.2. The molecule has 27 heavy (non-hydrogen) atoms. The summed E-state index contributed by atoms with van der Waals surface area (Å²) in [6.07, 6.45) is -3.19. The van der Waals surface area contributed by atoms with Crippen LogP contribution >= 0.6 is 0 Å². The molecule has 0 saturated heterocycles. The van der Waals surface area contributed by atoms with Crippen molar-refractivity contribution in [3.8, 4) is 0 Å². The van der Waals surface area contributed by atoms with E-state index in [4.69, 9.17) is 0 Å². The van der Waals surface area contributed by atoms with Gasteiger partial charge in [-0.25, -0.2) is 9.97 Å². The lowest BCUT2D eigenvalue weighted by Crippen LogP contribution is -2.20. The van der Waals surface area contributed by atoms with Crippen LogP contribution in [0.25, 0.3) is 0 Å². The molecule has 1 heterocycles. The highest BCUT2D eigenvalue weighted by Crippen LogP contribution is 2.34. The molecule has 0 aliphatic rings. The minimum absolute atomic E-state index is 0.0419. The molecule has 0 unspecified atom stereocenters. The van der Waals surface area contributed by atoms with Gasteiger partial charge in [0.1, 0.15) is 5.69 Å². The molecule has 0 fully saturated rings. The molecule has 0 aliphatic carbocycles. The summed E-state index contributed by atoms with van der Waals surface area (Å²) in [6, 6.07) is 15.4. The Kier molecular flexibility index (Phi) is 5.07. The first-order valence-electron chi connectivity index (χ1n) is 7.95. The molecular formula is C19H15F3N4O. The Morgan fingerprint density at radius 1 is 1.00 bits per heavy atom. The molecule has 1 amide bonds. The number of aromatic nitrogens is 2. The van der Waals surface area contributed by atoms with Gasteiger partial charge in [-0.3, -0.25) is 4.79 Å². The number of nitrogens with zero attached hydrogens (tertiary/aromatic N) is 3. The maximum Gasteiger partial charge on any atom is 0.418 e. The van der Waals surface area contributed by atoms with E-state index < -0.39 is 17.6 Å². The predicted octanol–water partition coefficient (Wildman–Crippen LogP) is 4.52. The number of amides is 1. The summed E-state index contributed by atoms with van der Waals surface area (Å²) in [6.45, 7) is 0. The molecule has 0 saturated carbocycles. The molecule has 3 rings (SSSR count). The number of hydrogen-bond acceptors (Lipinski definition) is 4. The third-order valence-corrected chi connectivity index (χ3v) is 3.80. The number of nitrogens with one attached hydrogen (secondary N) is 1. The van der Waals surface area contributed by atoms with Crippen molar-refractivity contribution < 1.29 is 18.0 Å². The smallest absolute Gasteiger partial charge is 0.320 e. The SMILES string of the molecule is CN(c1ccccc1)c1nccc(C(=O)Nc2ccccc2C(F)(F)F)n1. The van der Waals surface area contributed by atoms with Crippen LogP contribution < -0.4 is 10.2 Å². The number of carbonyl (C=O) groups is 1. The molecule has 0 bridgehead atoms. The number of anilines is 3. The van der Waals surface area contributed by atoms with Crippen molar-refractivity contribution in [3.05, 3.63) is 78.1 Å². The molecule has 3 aromatic rings. The van der Waals surface area contributed by atoms with E-state index in [1.165, 1.54) is 30.5 Å². The van der Waals surface area contributed by atoms with Crippen molar-refractivity contribution in [2.24, 2.45) is 0 Å². The second kappa shape index (κ2) is 7.45. The van der Waals surface area contributed by atoms with Crippen LogP contribution in [0.4, 0.5) is 30.5 Å². The van der Waals surface area contributed by atoms with E-state index in [2.05, 4.69) is 15.3 Å². The predicted molar refractivity (Wildman–Crippen MR) is 95.9 cm³/mol. The fraction of sp³-hybridized carbons (Fsp3) is 0.105. The second-order valence-corrected chi connectivity index (χ2v) is 5.63. The zero-order chi connectivity index (χ0) is 19.4. The summed E-state index contributed by atoms with van der Waals surface area (Å²) in [7, 11) is 1.73. The topological polar surface area (TPSA) is 58.1 Å². The number of benzene rings is 2. The first-order valence-corrected chi connectivity index (χ1v) is 7.95. The summed E-state index contributed by atoms with van der Waals surface area (Å²) >= 11 is 0. The van der Waals surface area contributed by atoms with Gasteiger partial charge in [-0.2, -0.15) is 13.2 Å². The third kappa shape index (κ3) is 4.22. The lowest BCUT2D eigenvalue weighted by molar-refractivity contribution is -0.136. The highest BCUT2D eigenvalue weighted by atomic mass is 19.4. The van der Waals surface area contributed by atoms with E-state index in [-0.39, 0.29) is 17.3 Å². The van der Waals surface area contributed by atoms with E-state index in [0.29, 0.717) is 0 Å². The number of para-hydroxylation sites is 2. The summed E-state index contributed by atoms with van der Waals surface area (Å²) in [4.78, 5) is 22.4. The Bertz CT molecular complexity index is 945. The Morgan fingerprint density at radius 2 is 1.67 bits per heavy atom. The lowest BCUT2D eigenvalue weighted by Gasteiger charge is -2.17. The molecule has 0 radical (unpaired) electrons. The van der Waals surface area contributed by atoms with Crippen molar-refractivity contribution in [3.63, 3.8) is 0 Å². The molecule has 0 aliphatic heterocycles. The molecule has 0 spiro atoms. The van der Waals surface area contributed by atoms with Gasteiger partial charge >= 0.3 is 6.18 Å². The summed E-state index contributed by atoms with van der Waals surface area (Å²) in [5.74, 6) is -0.505. The summed E-state index contributed by atoms with van der Waals surface area (Å²) < 4.78 is 39.2. The average Bonchev–Trinajstić information content (AvgIpc) is 2.68. The number of halogens is 3. The number of alkyl halides is 3. The molecule has 1 N–H and O–H groups in total. The minimum atomic E-state index is -4.58. The van der Waals surface area contributed by atoms with E-state index in [1.807, 2.05) is 30.3 Å². The first-order chi connectivity index (χ1) is 12.9. The van der Waals surface area contributed by atoms with E-state index >= 15 is 0 Å². The van der Waals surface area contributed by atoms with Gasteiger partial charge < -0.3 is 10.2 Å². The lowest BCUT2D eigenvalue weighted by atomic mass is 10.1. The fourth-order valence-corrected chi connectivity index (χ4v) is 2.43. The highest BCUT2D eigenvalue weighted by Gasteiger charge is 2.33. The van der Waals surface area contributed by atoms with Gasteiger partial charge in [0.25, 0.3) is 5.91 Å². The van der Waals surface area contributed by atoms with E-state index in [9.17, 15) is 18.0 Å². The van der Waals surface area contributed by atoms with Crippen molar-refractivity contribution >= 4 is 23.2 Å². The van der Waals surface area contributed by atoms with Gasteiger partial charge in [-0.05, 0) is 30.3 Å². The minimum Gasteiger partial charge on any atom is -0.320 e. The van der Waals surface area contributed by atoms with Crippen molar-refractivity contribution in [1.82, 2.24) is 9.97 Å². The van der Waals surface area contributed by atoms with Crippen LogP contribution in [0.5, 0.6) is 0 Å². The Morgan fingerprint density at radius 3 is 2.37 bits per heavy atom. The van der Waals surface area contributed by atoms with Crippen molar-refractivity contribution in [2.45, 2.75) is 6.18 Å². The number of hydrogen-bond donors (Lipinski definition) is 1. The molecule has 0 atom stereocenters. The normalized spacial score (nSPS) is 11.1. The molecular weight excluding hydrogens is 357 g/mol. The largest absolute Gasteiger partial charge is 0.418 e. The second-order valence-electron chi connectivity index (χ2n) is 5.63. The van der Waals surface area contributed by atoms with E-state index in [1.54, 1.807) is 11.9 Å². The Labute approximate surface area is 153 Å². The fourth-order valence-electron chi connectivity index (χ4n) is 2.43. The first kappa shape index (κ1) is 18.4. The van der Waals surface area contributed by atoms with Crippen LogP contribution in [0, 0.1) is 0 Å². The number of rotatable bonds is 4. The Balaban J connectivity index is 1.85. The van der Waals surface area contributed by atoms with Gasteiger partial charge in [0.05, 0.1) is 11.3 Å². The van der Waals surface area contributed by atoms with Gasteiger partial charge in [-0.1, -0.05) is 30.3 Å². The third-order valence-electron chi connectivity index (χ3n) is 3.80. The standard InChI is InChI=1S/C19H15F3N4O/c1-26(13-7-3-2-4-8-13)18-23-12-11-16(25-18)17(27)24-15-10-6-5-9-14(15)19(20,21)22/h2-12H,1H3,(H,24,27). The molecule has 1 aromatic heterocycles. The van der Waals surface area contributed by atoms with Gasteiger partial charge in [0.15, 0.2) is 0 Å². The van der Waals surface area contributed by atoms with Crippen LogP contribution in [0.3, 0.4) is 0 Å².